The molecule has 3 aliphatic rings. The maximum Gasteiger partial charge on any atom is 0.407 e. The van der Waals surface area contributed by atoms with Crippen molar-refractivity contribution in [1.82, 2.24) is 40.8 Å². The number of carbonyl (C=O) groups excluding carboxylic acids is 4. The van der Waals surface area contributed by atoms with Crippen molar-refractivity contribution in [2.24, 2.45) is 11.8 Å². The van der Waals surface area contributed by atoms with Crippen LogP contribution in [0.3, 0.4) is 0 Å². The summed E-state index contributed by atoms with van der Waals surface area (Å²) >= 11 is 0. The van der Waals surface area contributed by atoms with Gasteiger partial charge in [0, 0.05) is 36.4 Å². The molecule has 1 aliphatic carbocycles. The number of benzene rings is 4. The second-order valence-electron chi connectivity index (χ2n) is 17.6. The standard InChI is InChI=1S/C50H52F2N8O7/c1-27(2)41(57-46(61)42(58-48(63)65-3)29-18-21-67-22-19-29)45-53-26-39(56-45)32-13-16-34-33-15-12-30(23-35(33)50(51,52)36(34)24-32)31-14-17-37-38(25-31)55-44(54-37)40-11-8-20-60(40)47(62)43(59-49(64)66-4)28-9-6-5-7-10-28/h5-7,9-10,12-17,23-27,29,40-43H,8,11,18-22H2,1-4H3,(H,53,56)(H,54,55)(H,57,61)(H,58,63)(H,59,64)/t40-,41?,42?,43?/m0/s1. The number of amides is 4. The van der Waals surface area contributed by atoms with Gasteiger partial charge in [0.05, 0.1) is 49.2 Å². The molecule has 9 rings (SSSR count). The first-order chi connectivity index (χ1) is 32.3. The number of fused-ring (bicyclic) bond motifs is 4. The minimum absolute atomic E-state index is 0.108. The van der Waals surface area contributed by atoms with Crippen LogP contribution in [0.2, 0.25) is 0 Å². The van der Waals surface area contributed by atoms with Gasteiger partial charge in [0.15, 0.2) is 0 Å². The number of carbonyl (C=O) groups is 4. The molecule has 0 saturated carbocycles. The van der Waals surface area contributed by atoms with E-state index in [2.05, 4.69) is 30.9 Å². The van der Waals surface area contributed by atoms with E-state index in [1.165, 1.54) is 26.4 Å². The lowest BCUT2D eigenvalue weighted by atomic mass is 9.90. The highest BCUT2D eigenvalue weighted by Gasteiger charge is 2.45. The molecule has 4 aromatic carbocycles. The molecule has 15 nitrogen and oxygen atoms in total. The summed E-state index contributed by atoms with van der Waals surface area (Å²) in [5.41, 5.74) is 4.93. The van der Waals surface area contributed by atoms with E-state index in [0.29, 0.717) is 101 Å². The van der Waals surface area contributed by atoms with E-state index in [-0.39, 0.29) is 40.8 Å². The number of nitrogens with one attached hydrogen (secondary N) is 5. The molecule has 5 N–H and O–H groups in total. The summed E-state index contributed by atoms with van der Waals surface area (Å²) in [6.45, 7) is 5.29. The Morgan fingerprint density at radius 2 is 1.46 bits per heavy atom. The molecular weight excluding hydrogens is 863 g/mol. The predicted molar refractivity (Wildman–Crippen MR) is 245 cm³/mol. The number of alkyl carbamates (subject to hydrolysis) is 2. The zero-order valence-corrected chi connectivity index (χ0v) is 37.5. The summed E-state index contributed by atoms with van der Waals surface area (Å²) in [6.07, 6.45) is 2.74. The van der Waals surface area contributed by atoms with E-state index in [0.717, 1.165) is 6.42 Å². The van der Waals surface area contributed by atoms with Crippen LogP contribution >= 0.6 is 0 Å². The van der Waals surface area contributed by atoms with Gasteiger partial charge in [-0.3, -0.25) is 9.59 Å². The fraction of sp³-hybridized carbons (Fsp3) is 0.360. The zero-order chi connectivity index (χ0) is 47.0. The Kier molecular flexibility index (Phi) is 12.5. The SMILES string of the molecule is COC(=O)NC(C(=O)N1CCC[C@H]1c1nc2ccc(-c3ccc4c(c3)C(F)(F)c3cc(-c5cnc(C(NC(=O)C(NC(=O)OC)C6CCOCC6)C(C)C)[nH]5)ccc3-4)cc2[nH]1)c1ccccc1. The van der Waals surface area contributed by atoms with Gasteiger partial charge in [-0.25, -0.2) is 19.6 Å². The topological polar surface area (TPSA) is 193 Å². The Bertz CT molecular complexity index is 2820. The number of likely N-dealkylation sites (tertiary alicyclic amines) is 1. The molecule has 67 heavy (non-hydrogen) atoms. The summed E-state index contributed by atoms with van der Waals surface area (Å²) in [7, 11) is 2.49. The lowest BCUT2D eigenvalue weighted by molar-refractivity contribution is -0.134. The number of imidazole rings is 2. The van der Waals surface area contributed by atoms with Gasteiger partial charge in [0.1, 0.15) is 23.7 Å². The molecule has 348 valence electrons. The fourth-order valence-corrected chi connectivity index (χ4v) is 9.59. The van der Waals surface area contributed by atoms with Crippen LogP contribution in [0.5, 0.6) is 0 Å². The summed E-state index contributed by atoms with van der Waals surface area (Å²) in [6, 6.07) is 21.9. The Morgan fingerprint density at radius 1 is 0.806 bits per heavy atom. The second-order valence-corrected chi connectivity index (χ2v) is 17.6. The highest BCUT2D eigenvalue weighted by Crippen LogP contribution is 2.53. The van der Waals surface area contributed by atoms with Crippen LogP contribution in [0.1, 0.15) is 86.0 Å². The predicted octanol–water partition coefficient (Wildman–Crippen LogP) is 8.47. The van der Waals surface area contributed by atoms with Gasteiger partial charge in [-0.2, -0.15) is 8.78 Å². The lowest BCUT2D eigenvalue weighted by Gasteiger charge is -2.31. The lowest BCUT2D eigenvalue weighted by Crippen LogP contribution is -2.53. The number of hydrogen-bond acceptors (Lipinski definition) is 9. The Hall–Kier alpha value is -7.14. The van der Waals surface area contributed by atoms with E-state index in [9.17, 15) is 19.2 Å². The van der Waals surface area contributed by atoms with Gasteiger partial charge in [-0.1, -0.05) is 74.5 Å². The number of ether oxygens (including phenoxy) is 3. The van der Waals surface area contributed by atoms with Crippen LogP contribution in [0.15, 0.2) is 91.1 Å². The summed E-state index contributed by atoms with van der Waals surface area (Å²) in [5.74, 6) is -3.21. The van der Waals surface area contributed by atoms with E-state index >= 15 is 8.78 Å². The van der Waals surface area contributed by atoms with Gasteiger partial charge in [-0.05, 0) is 89.6 Å². The van der Waals surface area contributed by atoms with Crippen LogP contribution in [-0.4, -0.2) is 88.9 Å². The molecule has 0 bridgehead atoms. The third kappa shape index (κ3) is 8.82. The van der Waals surface area contributed by atoms with Crippen molar-refractivity contribution in [3.63, 3.8) is 0 Å². The number of aromatic nitrogens is 4. The smallest absolute Gasteiger partial charge is 0.407 e. The maximum absolute atomic E-state index is 16.6. The van der Waals surface area contributed by atoms with Crippen LogP contribution in [0.25, 0.3) is 44.5 Å². The van der Waals surface area contributed by atoms with Crippen molar-refractivity contribution in [3.8, 4) is 33.5 Å². The number of rotatable bonds is 12. The Labute approximate surface area is 385 Å². The number of methoxy groups -OCH3 is 2. The van der Waals surface area contributed by atoms with E-state index in [1.807, 2.05) is 44.2 Å². The minimum Gasteiger partial charge on any atom is -0.453 e. The third-order valence-electron chi connectivity index (χ3n) is 13.2. The van der Waals surface area contributed by atoms with E-state index in [1.54, 1.807) is 53.6 Å². The third-order valence-corrected chi connectivity index (χ3v) is 13.2. The van der Waals surface area contributed by atoms with E-state index in [4.69, 9.17) is 19.2 Å². The molecule has 0 spiro atoms. The Balaban J connectivity index is 0.931. The van der Waals surface area contributed by atoms with Crippen molar-refractivity contribution >= 4 is 35.0 Å². The average molecular weight is 915 g/mol. The number of H-pyrrole nitrogens is 2. The van der Waals surface area contributed by atoms with Gasteiger partial charge >= 0.3 is 12.2 Å². The van der Waals surface area contributed by atoms with Crippen molar-refractivity contribution in [2.75, 3.05) is 34.0 Å². The molecular formula is C50H52F2N8O7. The van der Waals surface area contributed by atoms with Crippen LogP contribution in [0, 0.1) is 11.8 Å². The summed E-state index contributed by atoms with van der Waals surface area (Å²) < 4.78 is 48.4. The molecule has 2 aromatic heterocycles. The van der Waals surface area contributed by atoms with Gasteiger partial charge in [-0.15, -0.1) is 0 Å². The molecule has 4 atom stereocenters. The second kappa shape index (κ2) is 18.6. The van der Waals surface area contributed by atoms with Crippen LogP contribution < -0.4 is 16.0 Å². The molecule has 4 heterocycles. The molecule has 2 saturated heterocycles. The average Bonchev–Trinajstić information content (AvgIpc) is 4.17. The number of aromatic amines is 2. The normalized spacial score (nSPS) is 17.9. The molecule has 3 unspecified atom stereocenters. The molecule has 6 aromatic rings. The largest absolute Gasteiger partial charge is 0.453 e. The monoisotopic (exact) mass is 914 g/mol. The first kappa shape index (κ1) is 45.0. The first-order valence-electron chi connectivity index (χ1n) is 22.5. The molecule has 4 amide bonds. The summed E-state index contributed by atoms with van der Waals surface area (Å²) in [5, 5.41) is 8.43. The number of hydrogen-bond donors (Lipinski definition) is 5. The first-order valence-corrected chi connectivity index (χ1v) is 22.5. The number of alkyl halides is 2. The van der Waals surface area contributed by atoms with E-state index < -0.39 is 36.2 Å². The quantitative estimate of drug-likeness (QED) is 0.0801. The molecule has 2 fully saturated rings. The highest BCUT2D eigenvalue weighted by atomic mass is 19.3. The van der Waals surface area contributed by atoms with Crippen molar-refractivity contribution in [3.05, 3.63) is 119 Å². The van der Waals surface area contributed by atoms with Gasteiger partial charge < -0.3 is 45.0 Å². The molecule has 17 heteroatoms. The fourth-order valence-electron chi connectivity index (χ4n) is 9.59. The van der Waals surface area contributed by atoms with Crippen molar-refractivity contribution in [1.29, 1.82) is 0 Å². The van der Waals surface area contributed by atoms with Crippen molar-refractivity contribution in [2.45, 2.75) is 69.6 Å². The van der Waals surface area contributed by atoms with Crippen LogP contribution in [0.4, 0.5) is 18.4 Å². The molecule has 0 radical (unpaired) electrons. The maximum atomic E-state index is 16.6. The zero-order valence-electron chi connectivity index (χ0n) is 37.5. The van der Waals surface area contributed by atoms with Gasteiger partial charge in [0.2, 0.25) is 5.91 Å². The number of halogens is 2. The summed E-state index contributed by atoms with van der Waals surface area (Å²) in [4.78, 5) is 70.2. The Morgan fingerprint density at radius 3 is 2.16 bits per heavy atom. The molecule has 2 aliphatic heterocycles. The van der Waals surface area contributed by atoms with Crippen molar-refractivity contribution < 1.29 is 42.2 Å². The highest BCUT2D eigenvalue weighted by molar-refractivity contribution is 5.89. The van der Waals surface area contributed by atoms with Crippen LogP contribution in [-0.2, 0) is 29.7 Å². The van der Waals surface area contributed by atoms with Gasteiger partial charge in [0.25, 0.3) is 11.8 Å². The minimum atomic E-state index is -3.32. The number of nitrogens with zero attached hydrogens (tertiary/aromatic N) is 3.